The Balaban J connectivity index is 2.87. The molecule has 1 aromatic heterocycles. The molecule has 0 radical (unpaired) electrons. The van der Waals surface area contributed by atoms with E-state index >= 15 is 0 Å². The lowest BCUT2D eigenvalue weighted by Gasteiger charge is -2.23. The van der Waals surface area contributed by atoms with Gasteiger partial charge < -0.3 is 4.90 Å². The van der Waals surface area contributed by atoms with E-state index in [1.165, 1.54) is 4.90 Å². The number of nitrogens with zero attached hydrogens (tertiary/aromatic N) is 3. The van der Waals surface area contributed by atoms with E-state index in [1.807, 2.05) is 19.9 Å². The van der Waals surface area contributed by atoms with Crippen LogP contribution in [0.15, 0.2) is 24.5 Å². The third-order valence-electron chi connectivity index (χ3n) is 2.05. The Morgan fingerprint density at radius 2 is 2.13 bits per heavy atom. The zero-order valence-corrected chi connectivity index (χ0v) is 8.84. The van der Waals surface area contributed by atoms with Crippen LogP contribution in [-0.4, -0.2) is 28.4 Å². The Labute approximate surface area is 89.2 Å². The number of rotatable bonds is 3. The maximum Gasteiger partial charge on any atom is 0.255 e. The third kappa shape index (κ3) is 2.78. The lowest BCUT2D eigenvalue weighted by molar-refractivity contribution is 0.0731. The van der Waals surface area contributed by atoms with Gasteiger partial charge in [-0.25, -0.2) is 0 Å². The molecule has 1 amide bonds. The van der Waals surface area contributed by atoms with E-state index in [-0.39, 0.29) is 18.5 Å². The molecule has 1 aromatic rings. The van der Waals surface area contributed by atoms with Crippen molar-refractivity contribution in [2.45, 2.75) is 19.9 Å². The first kappa shape index (κ1) is 11.2. The van der Waals surface area contributed by atoms with Gasteiger partial charge in [-0.15, -0.1) is 0 Å². The monoisotopic (exact) mass is 203 g/mol. The van der Waals surface area contributed by atoms with Gasteiger partial charge in [0.2, 0.25) is 0 Å². The lowest BCUT2D eigenvalue weighted by Crippen LogP contribution is -2.37. The Kier molecular flexibility index (Phi) is 3.81. The molecule has 0 spiro atoms. The van der Waals surface area contributed by atoms with E-state index < -0.39 is 0 Å². The molecule has 0 N–H and O–H groups in total. The molecule has 1 rings (SSSR count). The molecule has 0 fully saturated rings. The summed E-state index contributed by atoms with van der Waals surface area (Å²) in [5.41, 5.74) is 0.564. The molecule has 0 aliphatic heterocycles. The number of hydrogen-bond donors (Lipinski definition) is 0. The van der Waals surface area contributed by atoms with Gasteiger partial charge in [-0.3, -0.25) is 9.78 Å². The first-order valence-electron chi connectivity index (χ1n) is 4.74. The minimum atomic E-state index is -0.131. The number of aromatic nitrogens is 1. The quantitative estimate of drug-likeness (QED) is 0.699. The fourth-order valence-corrected chi connectivity index (χ4v) is 1.23. The highest BCUT2D eigenvalue weighted by Crippen LogP contribution is 2.06. The van der Waals surface area contributed by atoms with Crippen LogP contribution in [0, 0.1) is 11.3 Å². The first-order valence-corrected chi connectivity index (χ1v) is 4.74. The van der Waals surface area contributed by atoms with Crippen LogP contribution < -0.4 is 0 Å². The molecule has 0 aliphatic rings. The highest BCUT2D eigenvalue weighted by molar-refractivity contribution is 5.94. The van der Waals surface area contributed by atoms with Crippen molar-refractivity contribution in [1.82, 2.24) is 9.88 Å². The molecule has 4 nitrogen and oxygen atoms in total. The molecule has 0 saturated carbocycles. The minimum Gasteiger partial charge on any atom is -0.323 e. The summed E-state index contributed by atoms with van der Waals surface area (Å²) in [4.78, 5) is 17.3. The first-order chi connectivity index (χ1) is 7.16. The van der Waals surface area contributed by atoms with Crippen molar-refractivity contribution in [2.75, 3.05) is 6.54 Å². The SMILES string of the molecule is CC(C)N(CC#N)C(=O)c1ccncc1. The van der Waals surface area contributed by atoms with Crippen LogP contribution in [0.3, 0.4) is 0 Å². The third-order valence-corrected chi connectivity index (χ3v) is 2.05. The van der Waals surface area contributed by atoms with Crippen molar-refractivity contribution in [3.63, 3.8) is 0 Å². The van der Waals surface area contributed by atoms with Gasteiger partial charge >= 0.3 is 0 Å². The minimum absolute atomic E-state index is 0.0188. The molecular formula is C11H13N3O. The molecule has 0 atom stereocenters. The van der Waals surface area contributed by atoms with Gasteiger partial charge in [-0.2, -0.15) is 5.26 Å². The van der Waals surface area contributed by atoms with Crippen LogP contribution in [0.25, 0.3) is 0 Å². The van der Waals surface area contributed by atoms with Gasteiger partial charge in [0.25, 0.3) is 5.91 Å². The zero-order chi connectivity index (χ0) is 11.3. The summed E-state index contributed by atoms with van der Waals surface area (Å²) in [7, 11) is 0. The van der Waals surface area contributed by atoms with Crippen LogP contribution in [0.1, 0.15) is 24.2 Å². The Morgan fingerprint density at radius 1 is 1.53 bits per heavy atom. The van der Waals surface area contributed by atoms with Gasteiger partial charge in [0.05, 0.1) is 6.07 Å². The lowest BCUT2D eigenvalue weighted by atomic mass is 10.2. The summed E-state index contributed by atoms with van der Waals surface area (Å²) in [6, 6.07) is 5.30. The Hall–Kier alpha value is -1.89. The summed E-state index contributed by atoms with van der Waals surface area (Å²) in [5, 5.41) is 8.63. The van der Waals surface area contributed by atoms with Crippen LogP contribution in [0.2, 0.25) is 0 Å². The predicted molar refractivity (Wildman–Crippen MR) is 56.0 cm³/mol. The smallest absolute Gasteiger partial charge is 0.255 e. The van der Waals surface area contributed by atoms with Gasteiger partial charge in [0.1, 0.15) is 6.54 Å². The van der Waals surface area contributed by atoms with E-state index in [1.54, 1.807) is 24.5 Å². The highest BCUT2D eigenvalue weighted by Gasteiger charge is 2.17. The molecule has 4 heteroatoms. The normalized spacial score (nSPS) is 9.73. The van der Waals surface area contributed by atoms with Crippen LogP contribution in [-0.2, 0) is 0 Å². The average molecular weight is 203 g/mol. The number of pyridine rings is 1. The molecule has 1 heterocycles. The van der Waals surface area contributed by atoms with Gasteiger partial charge in [0.15, 0.2) is 0 Å². The van der Waals surface area contributed by atoms with Crippen molar-refractivity contribution < 1.29 is 4.79 Å². The van der Waals surface area contributed by atoms with E-state index in [9.17, 15) is 4.79 Å². The maximum absolute atomic E-state index is 11.9. The van der Waals surface area contributed by atoms with Gasteiger partial charge in [-0.1, -0.05) is 0 Å². The second kappa shape index (κ2) is 5.11. The van der Waals surface area contributed by atoms with E-state index in [4.69, 9.17) is 5.26 Å². The summed E-state index contributed by atoms with van der Waals surface area (Å²) in [5.74, 6) is -0.131. The predicted octanol–water partition coefficient (Wildman–Crippen LogP) is 1.46. The van der Waals surface area contributed by atoms with Gasteiger partial charge in [-0.05, 0) is 26.0 Å². The zero-order valence-electron chi connectivity index (χ0n) is 8.84. The molecule has 0 saturated heterocycles. The summed E-state index contributed by atoms with van der Waals surface area (Å²) in [6.45, 7) is 3.88. The molecule has 0 aromatic carbocycles. The molecule has 0 bridgehead atoms. The number of carbonyl (C=O) groups excluding carboxylic acids is 1. The summed E-state index contributed by atoms with van der Waals surface area (Å²) >= 11 is 0. The largest absolute Gasteiger partial charge is 0.323 e. The van der Waals surface area contributed by atoms with Crippen molar-refractivity contribution in [3.8, 4) is 6.07 Å². The molecular weight excluding hydrogens is 190 g/mol. The van der Waals surface area contributed by atoms with E-state index in [2.05, 4.69) is 4.98 Å². The van der Waals surface area contributed by atoms with Crippen molar-refractivity contribution in [1.29, 1.82) is 5.26 Å². The summed E-state index contributed by atoms with van der Waals surface area (Å²) in [6.07, 6.45) is 3.14. The maximum atomic E-state index is 11.9. The average Bonchev–Trinajstić information content (AvgIpc) is 2.26. The number of hydrogen-bond acceptors (Lipinski definition) is 3. The van der Waals surface area contributed by atoms with Crippen molar-refractivity contribution in [3.05, 3.63) is 30.1 Å². The van der Waals surface area contributed by atoms with E-state index in [0.717, 1.165) is 0 Å². The Morgan fingerprint density at radius 3 is 2.60 bits per heavy atom. The highest BCUT2D eigenvalue weighted by atomic mass is 16.2. The number of amides is 1. The van der Waals surface area contributed by atoms with Gasteiger partial charge in [0, 0.05) is 24.0 Å². The van der Waals surface area contributed by atoms with Crippen molar-refractivity contribution >= 4 is 5.91 Å². The number of nitriles is 1. The topological polar surface area (TPSA) is 57.0 Å². The Bertz CT molecular complexity index is 367. The fourth-order valence-electron chi connectivity index (χ4n) is 1.23. The molecule has 78 valence electrons. The summed E-state index contributed by atoms with van der Waals surface area (Å²) < 4.78 is 0. The standard InChI is InChI=1S/C11H13N3O/c1-9(2)14(8-5-12)11(15)10-3-6-13-7-4-10/h3-4,6-7,9H,8H2,1-2H3. The second-order valence-electron chi connectivity index (χ2n) is 3.42. The second-order valence-corrected chi connectivity index (χ2v) is 3.42. The van der Waals surface area contributed by atoms with Crippen LogP contribution in [0.4, 0.5) is 0 Å². The van der Waals surface area contributed by atoms with Crippen LogP contribution in [0.5, 0.6) is 0 Å². The fraction of sp³-hybridized carbons (Fsp3) is 0.364. The molecule has 0 aliphatic carbocycles. The van der Waals surface area contributed by atoms with Crippen molar-refractivity contribution in [2.24, 2.45) is 0 Å². The molecule has 0 unspecified atom stereocenters. The van der Waals surface area contributed by atoms with Crippen LogP contribution >= 0.6 is 0 Å². The van der Waals surface area contributed by atoms with E-state index in [0.29, 0.717) is 5.56 Å². The molecule has 15 heavy (non-hydrogen) atoms. The number of carbonyl (C=O) groups is 1.